The third-order valence-electron chi connectivity index (χ3n) is 5.33. The van der Waals surface area contributed by atoms with Crippen molar-refractivity contribution in [2.24, 2.45) is 0 Å². The van der Waals surface area contributed by atoms with Gasteiger partial charge in [-0.25, -0.2) is 0 Å². The molecule has 1 saturated carbocycles. The largest absolute Gasteiger partial charge is 0.349 e. The third-order valence-corrected chi connectivity index (χ3v) is 5.33. The molecule has 0 spiro atoms. The zero-order valence-electron chi connectivity index (χ0n) is 16.5. The van der Waals surface area contributed by atoms with Crippen molar-refractivity contribution in [1.82, 2.24) is 5.32 Å². The Kier molecular flexibility index (Phi) is 5.58. The van der Waals surface area contributed by atoms with Gasteiger partial charge in [-0.3, -0.25) is 9.59 Å². The second-order valence-electron chi connectivity index (χ2n) is 7.64. The molecular formula is C24H26N3O2+. The van der Waals surface area contributed by atoms with Crippen molar-refractivity contribution < 1.29 is 14.9 Å². The van der Waals surface area contributed by atoms with Gasteiger partial charge in [0.15, 0.2) is 6.54 Å². The van der Waals surface area contributed by atoms with E-state index in [0.29, 0.717) is 11.3 Å². The molecule has 148 valence electrons. The molecule has 5 nitrogen and oxygen atoms in total. The first kappa shape index (κ1) is 19.2. The molecule has 0 heterocycles. The zero-order valence-corrected chi connectivity index (χ0v) is 16.5. The molecule has 1 aliphatic rings. The summed E-state index contributed by atoms with van der Waals surface area (Å²) in [5.74, 6) is -0.250. The van der Waals surface area contributed by atoms with Crippen LogP contribution in [0.5, 0.6) is 0 Å². The van der Waals surface area contributed by atoms with Crippen molar-refractivity contribution in [2.75, 3.05) is 11.9 Å². The lowest BCUT2D eigenvalue weighted by Crippen LogP contribution is -2.86. The number of amides is 2. The molecule has 29 heavy (non-hydrogen) atoms. The Morgan fingerprint density at radius 3 is 2.55 bits per heavy atom. The van der Waals surface area contributed by atoms with Crippen LogP contribution in [0.1, 0.15) is 41.7 Å². The smallest absolute Gasteiger partial charge is 0.279 e. The highest BCUT2D eigenvalue weighted by Gasteiger charge is 2.25. The molecule has 1 aliphatic carbocycles. The van der Waals surface area contributed by atoms with Gasteiger partial charge in [-0.2, -0.15) is 0 Å². The summed E-state index contributed by atoms with van der Waals surface area (Å²) in [6.45, 7) is 2.38. The van der Waals surface area contributed by atoms with Gasteiger partial charge in [0.05, 0.1) is 11.3 Å². The zero-order chi connectivity index (χ0) is 20.2. The van der Waals surface area contributed by atoms with Gasteiger partial charge in [0.1, 0.15) is 6.04 Å². The van der Waals surface area contributed by atoms with Crippen molar-refractivity contribution in [3.8, 4) is 0 Å². The maximum atomic E-state index is 12.5. The van der Waals surface area contributed by atoms with Crippen LogP contribution in [0.2, 0.25) is 0 Å². The molecule has 0 aromatic heterocycles. The fraction of sp³-hybridized carbons (Fsp3) is 0.250. The van der Waals surface area contributed by atoms with E-state index in [1.54, 1.807) is 12.1 Å². The molecule has 0 unspecified atom stereocenters. The number of rotatable bonds is 7. The second-order valence-corrected chi connectivity index (χ2v) is 7.64. The van der Waals surface area contributed by atoms with Crippen molar-refractivity contribution in [3.05, 3.63) is 77.9 Å². The summed E-state index contributed by atoms with van der Waals surface area (Å²) in [5, 5.41) is 10.3. The Labute approximate surface area is 170 Å². The molecule has 1 atom stereocenters. The first-order valence-corrected chi connectivity index (χ1v) is 10.1. The molecule has 0 radical (unpaired) electrons. The molecule has 0 aliphatic heterocycles. The molecule has 1 fully saturated rings. The summed E-state index contributed by atoms with van der Waals surface area (Å²) in [5.41, 5.74) is 2.27. The Balaban J connectivity index is 1.39. The monoisotopic (exact) mass is 388 g/mol. The number of fused-ring (bicyclic) bond motifs is 1. The normalized spacial score (nSPS) is 14.4. The maximum Gasteiger partial charge on any atom is 0.279 e. The Hall–Kier alpha value is -3.18. The van der Waals surface area contributed by atoms with E-state index in [0.717, 1.165) is 12.8 Å². The van der Waals surface area contributed by atoms with Crippen LogP contribution in [0.3, 0.4) is 0 Å². The number of carbonyl (C=O) groups is 2. The molecule has 0 bridgehead atoms. The number of nitrogens with two attached hydrogens (primary N) is 1. The highest BCUT2D eigenvalue weighted by atomic mass is 16.2. The van der Waals surface area contributed by atoms with Crippen molar-refractivity contribution in [2.45, 2.75) is 31.8 Å². The average Bonchev–Trinajstić information content (AvgIpc) is 3.56. The number of hydrogen-bond acceptors (Lipinski definition) is 2. The van der Waals surface area contributed by atoms with E-state index in [2.05, 4.69) is 47.9 Å². The number of quaternary nitrogens is 1. The van der Waals surface area contributed by atoms with Crippen LogP contribution in [-0.4, -0.2) is 24.4 Å². The van der Waals surface area contributed by atoms with Gasteiger partial charge in [-0.05, 0) is 42.7 Å². The quantitative estimate of drug-likeness (QED) is 0.582. The van der Waals surface area contributed by atoms with Crippen LogP contribution >= 0.6 is 0 Å². The lowest BCUT2D eigenvalue weighted by Gasteiger charge is -2.14. The van der Waals surface area contributed by atoms with Crippen LogP contribution in [0, 0.1) is 0 Å². The molecule has 3 aromatic carbocycles. The van der Waals surface area contributed by atoms with Gasteiger partial charge in [0, 0.05) is 11.6 Å². The fourth-order valence-corrected chi connectivity index (χ4v) is 3.54. The van der Waals surface area contributed by atoms with E-state index >= 15 is 0 Å². The van der Waals surface area contributed by atoms with Gasteiger partial charge in [-0.1, -0.05) is 54.6 Å². The van der Waals surface area contributed by atoms with Gasteiger partial charge in [-0.15, -0.1) is 0 Å². The van der Waals surface area contributed by atoms with E-state index in [1.165, 1.54) is 16.3 Å². The van der Waals surface area contributed by atoms with Gasteiger partial charge >= 0.3 is 0 Å². The van der Waals surface area contributed by atoms with Gasteiger partial charge in [0.2, 0.25) is 0 Å². The van der Waals surface area contributed by atoms with Crippen LogP contribution in [-0.2, 0) is 4.79 Å². The summed E-state index contributed by atoms with van der Waals surface area (Å²) in [6, 6.07) is 22.1. The topological polar surface area (TPSA) is 74.8 Å². The summed E-state index contributed by atoms with van der Waals surface area (Å²) in [4.78, 5) is 24.9. The van der Waals surface area contributed by atoms with Crippen LogP contribution < -0.4 is 16.0 Å². The molecule has 2 amide bonds. The van der Waals surface area contributed by atoms with Crippen molar-refractivity contribution in [3.63, 3.8) is 0 Å². The predicted octanol–water partition coefficient (Wildman–Crippen LogP) is 3.00. The minimum Gasteiger partial charge on any atom is -0.349 e. The van der Waals surface area contributed by atoms with E-state index in [4.69, 9.17) is 0 Å². The summed E-state index contributed by atoms with van der Waals surface area (Å²) >= 11 is 0. The number of nitrogens with one attached hydrogen (secondary N) is 2. The molecule has 4 rings (SSSR count). The molecule has 5 heteroatoms. The first-order chi connectivity index (χ1) is 14.1. The minimum absolute atomic E-state index is 0.122. The molecular weight excluding hydrogens is 362 g/mol. The maximum absolute atomic E-state index is 12.5. The van der Waals surface area contributed by atoms with E-state index in [1.807, 2.05) is 29.6 Å². The summed E-state index contributed by atoms with van der Waals surface area (Å²) < 4.78 is 0. The lowest BCUT2D eigenvalue weighted by atomic mass is 10.00. The Bertz CT molecular complexity index is 1040. The third kappa shape index (κ3) is 4.63. The second kappa shape index (κ2) is 8.45. The number of para-hydroxylation sites is 1. The van der Waals surface area contributed by atoms with Gasteiger partial charge in [0.25, 0.3) is 11.8 Å². The SMILES string of the molecule is C[C@@H]([NH2+]CC(=O)Nc1ccccc1C(=O)NC1CC1)c1cccc2ccccc12. The minimum atomic E-state index is -0.128. The summed E-state index contributed by atoms with van der Waals surface area (Å²) in [6.07, 6.45) is 2.06. The summed E-state index contributed by atoms with van der Waals surface area (Å²) in [7, 11) is 0. The lowest BCUT2D eigenvalue weighted by molar-refractivity contribution is -0.682. The highest BCUT2D eigenvalue weighted by Crippen LogP contribution is 2.23. The van der Waals surface area contributed by atoms with E-state index in [9.17, 15) is 9.59 Å². The predicted molar refractivity (Wildman–Crippen MR) is 115 cm³/mol. The van der Waals surface area contributed by atoms with E-state index in [-0.39, 0.29) is 30.4 Å². The van der Waals surface area contributed by atoms with Gasteiger partial charge < -0.3 is 16.0 Å². The first-order valence-electron chi connectivity index (χ1n) is 10.1. The Morgan fingerprint density at radius 2 is 1.72 bits per heavy atom. The van der Waals surface area contributed by atoms with Crippen molar-refractivity contribution in [1.29, 1.82) is 0 Å². The highest BCUT2D eigenvalue weighted by molar-refractivity contribution is 6.04. The fourth-order valence-electron chi connectivity index (χ4n) is 3.54. The molecule has 3 aromatic rings. The van der Waals surface area contributed by atoms with Crippen LogP contribution in [0.15, 0.2) is 66.7 Å². The number of hydrogen-bond donors (Lipinski definition) is 3. The van der Waals surface area contributed by atoms with Crippen molar-refractivity contribution >= 4 is 28.3 Å². The molecule has 0 saturated heterocycles. The number of carbonyl (C=O) groups excluding carboxylic acids is 2. The number of anilines is 1. The Morgan fingerprint density at radius 1 is 1.00 bits per heavy atom. The molecule has 4 N–H and O–H groups in total. The average molecular weight is 388 g/mol. The standard InChI is InChI=1S/C24H25N3O2/c1-16(19-11-6-8-17-7-2-3-9-20(17)19)25-15-23(28)27-22-12-5-4-10-21(22)24(29)26-18-13-14-18/h2-12,16,18,25H,13-15H2,1H3,(H,26,29)(H,27,28)/p+1/t16-/m1/s1. The van der Waals surface area contributed by atoms with E-state index < -0.39 is 0 Å². The van der Waals surface area contributed by atoms with Crippen LogP contribution in [0.25, 0.3) is 10.8 Å². The van der Waals surface area contributed by atoms with Crippen LogP contribution in [0.4, 0.5) is 5.69 Å². The number of benzene rings is 3.